The first kappa shape index (κ1) is 10.7. The molecule has 1 N–H and O–H groups in total. The van der Waals surface area contributed by atoms with Crippen molar-refractivity contribution in [3.63, 3.8) is 0 Å². The van der Waals surface area contributed by atoms with Gasteiger partial charge in [-0.25, -0.2) is 4.39 Å². The van der Waals surface area contributed by atoms with Crippen molar-refractivity contribution in [3.05, 3.63) is 53.3 Å². The van der Waals surface area contributed by atoms with Crippen LogP contribution in [-0.4, -0.2) is 5.11 Å². The first-order chi connectivity index (χ1) is 7.58. The number of aryl methyl sites for hydroxylation is 2. The van der Waals surface area contributed by atoms with Crippen LogP contribution in [0, 0.1) is 19.7 Å². The van der Waals surface area contributed by atoms with Crippen LogP contribution in [0.2, 0.25) is 0 Å². The van der Waals surface area contributed by atoms with Gasteiger partial charge in [0.2, 0.25) is 0 Å². The van der Waals surface area contributed by atoms with Crippen LogP contribution in [-0.2, 0) is 0 Å². The first-order valence-corrected chi connectivity index (χ1v) is 5.14. The van der Waals surface area contributed by atoms with Gasteiger partial charge >= 0.3 is 0 Å². The molecule has 0 aliphatic heterocycles. The third kappa shape index (κ3) is 1.91. The fourth-order valence-electron chi connectivity index (χ4n) is 1.70. The maximum absolute atomic E-state index is 13.7. The summed E-state index contributed by atoms with van der Waals surface area (Å²) in [6.45, 7) is 3.75. The summed E-state index contributed by atoms with van der Waals surface area (Å²) in [5.74, 6) is -0.200. The van der Waals surface area contributed by atoms with E-state index in [1.54, 1.807) is 24.3 Å². The van der Waals surface area contributed by atoms with Crippen LogP contribution >= 0.6 is 0 Å². The Labute approximate surface area is 94.2 Å². The fraction of sp³-hybridized carbons (Fsp3) is 0.143. The third-order valence-corrected chi connectivity index (χ3v) is 2.57. The van der Waals surface area contributed by atoms with Gasteiger partial charge in [0, 0.05) is 11.1 Å². The number of hydrogen-bond acceptors (Lipinski definition) is 1. The molecule has 0 unspecified atom stereocenters. The van der Waals surface area contributed by atoms with E-state index in [-0.39, 0.29) is 11.6 Å². The zero-order valence-corrected chi connectivity index (χ0v) is 9.29. The topological polar surface area (TPSA) is 20.2 Å². The molecule has 0 aromatic heterocycles. The van der Waals surface area contributed by atoms with Crippen molar-refractivity contribution in [2.45, 2.75) is 13.8 Å². The Morgan fingerprint density at radius 1 is 0.875 bits per heavy atom. The lowest BCUT2D eigenvalue weighted by Gasteiger charge is -2.07. The lowest BCUT2D eigenvalue weighted by Crippen LogP contribution is -1.87. The molecule has 0 aliphatic rings. The summed E-state index contributed by atoms with van der Waals surface area (Å²) in [5.41, 5.74) is 2.84. The van der Waals surface area contributed by atoms with E-state index >= 15 is 0 Å². The molecule has 0 atom stereocenters. The maximum atomic E-state index is 13.7. The van der Waals surface area contributed by atoms with E-state index in [1.165, 1.54) is 6.07 Å². The normalized spacial score (nSPS) is 10.4. The van der Waals surface area contributed by atoms with Crippen LogP contribution in [0.25, 0.3) is 11.1 Å². The second-order valence-corrected chi connectivity index (χ2v) is 4.00. The molecule has 0 heterocycles. The molecule has 0 radical (unpaired) electrons. The number of halogens is 1. The summed E-state index contributed by atoms with van der Waals surface area (Å²) < 4.78 is 13.7. The Balaban J connectivity index is 2.62. The summed E-state index contributed by atoms with van der Waals surface area (Å²) in [4.78, 5) is 0. The van der Waals surface area contributed by atoms with Gasteiger partial charge in [-0.3, -0.25) is 0 Å². The number of benzene rings is 2. The highest BCUT2D eigenvalue weighted by Crippen LogP contribution is 2.32. The quantitative estimate of drug-likeness (QED) is 0.768. The molecule has 0 fully saturated rings. The molecule has 0 saturated carbocycles. The van der Waals surface area contributed by atoms with Crippen LogP contribution < -0.4 is 0 Å². The van der Waals surface area contributed by atoms with Crippen LogP contribution in [0.3, 0.4) is 0 Å². The van der Waals surface area contributed by atoms with Crippen LogP contribution in [0.5, 0.6) is 5.75 Å². The van der Waals surface area contributed by atoms with E-state index in [0.717, 1.165) is 11.1 Å². The molecule has 2 rings (SSSR count). The van der Waals surface area contributed by atoms with Gasteiger partial charge in [-0.05, 0) is 37.6 Å². The molecular formula is C14H13FO. The largest absolute Gasteiger partial charge is 0.507 e. The van der Waals surface area contributed by atoms with Crippen molar-refractivity contribution in [2.24, 2.45) is 0 Å². The lowest BCUT2D eigenvalue weighted by atomic mass is 10.0. The Morgan fingerprint density at radius 2 is 1.50 bits per heavy atom. The zero-order chi connectivity index (χ0) is 11.7. The molecule has 2 heteroatoms. The van der Waals surface area contributed by atoms with Crippen LogP contribution in [0.15, 0.2) is 36.4 Å². The van der Waals surface area contributed by atoms with Gasteiger partial charge in [0.15, 0.2) is 0 Å². The Bertz CT molecular complexity index is 532. The highest BCUT2D eigenvalue weighted by molar-refractivity contribution is 5.71. The molecular weight excluding hydrogens is 203 g/mol. The summed E-state index contributed by atoms with van der Waals surface area (Å²) in [6.07, 6.45) is 0. The summed E-state index contributed by atoms with van der Waals surface area (Å²) in [7, 11) is 0. The van der Waals surface area contributed by atoms with Gasteiger partial charge in [0.1, 0.15) is 11.6 Å². The summed E-state index contributed by atoms with van der Waals surface area (Å²) >= 11 is 0. The molecule has 0 bridgehead atoms. The van der Waals surface area contributed by atoms with Crippen molar-refractivity contribution in [1.82, 2.24) is 0 Å². The van der Waals surface area contributed by atoms with E-state index in [9.17, 15) is 9.50 Å². The van der Waals surface area contributed by atoms with Crippen LogP contribution in [0.4, 0.5) is 4.39 Å². The third-order valence-electron chi connectivity index (χ3n) is 2.57. The predicted octanol–water partition coefficient (Wildman–Crippen LogP) is 3.82. The van der Waals surface area contributed by atoms with Gasteiger partial charge < -0.3 is 5.11 Å². The van der Waals surface area contributed by atoms with Crippen molar-refractivity contribution in [1.29, 1.82) is 0 Å². The predicted molar refractivity (Wildman–Crippen MR) is 63.0 cm³/mol. The second kappa shape index (κ2) is 3.97. The Morgan fingerprint density at radius 3 is 2.19 bits per heavy atom. The molecule has 82 valence electrons. The first-order valence-electron chi connectivity index (χ1n) is 5.14. The second-order valence-electron chi connectivity index (χ2n) is 4.00. The Hall–Kier alpha value is -1.83. The maximum Gasteiger partial charge on any atom is 0.131 e. The lowest BCUT2D eigenvalue weighted by molar-refractivity contribution is 0.476. The minimum atomic E-state index is -0.305. The van der Waals surface area contributed by atoms with E-state index in [1.807, 2.05) is 19.9 Å². The average Bonchev–Trinajstić information content (AvgIpc) is 2.22. The fourth-order valence-corrected chi connectivity index (χ4v) is 1.70. The standard InChI is InChI=1S/C14H13FO/c1-9-4-6-14(16)12(7-9)11-5-3-10(2)8-13(11)15/h3-8,16H,1-2H3. The molecule has 2 aromatic rings. The van der Waals surface area contributed by atoms with E-state index < -0.39 is 0 Å². The molecule has 0 aliphatic carbocycles. The Kier molecular flexibility index (Phi) is 2.65. The van der Waals surface area contributed by atoms with Gasteiger partial charge in [-0.1, -0.05) is 23.8 Å². The molecule has 0 spiro atoms. The van der Waals surface area contributed by atoms with E-state index in [0.29, 0.717) is 11.1 Å². The van der Waals surface area contributed by atoms with Gasteiger partial charge in [-0.15, -0.1) is 0 Å². The highest BCUT2D eigenvalue weighted by Gasteiger charge is 2.09. The summed E-state index contributed by atoms with van der Waals surface area (Å²) in [5, 5.41) is 9.72. The monoisotopic (exact) mass is 216 g/mol. The number of rotatable bonds is 1. The minimum Gasteiger partial charge on any atom is -0.507 e. The summed E-state index contributed by atoms with van der Waals surface area (Å²) in [6, 6.07) is 10.2. The molecule has 0 amide bonds. The molecule has 0 saturated heterocycles. The highest BCUT2D eigenvalue weighted by atomic mass is 19.1. The van der Waals surface area contributed by atoms with E-state index in [2.05, 4.69) is 0 Å². The number of phenols is 1. The van der Waals surface area contributed by atoms with Crippen LogP contribution in [0.1, 0.15) is 11.1 Å². The van der Waals surface area contributed by atoms with Crippen molar-refractivity contribution in [3.8, 4) is 16.9 Å². The average molecular weight is 216 g/mol. The van der Waals surface area contributed by atoms with Crippen molar-refractivity contribution < 1.29 is 9.50 Å². The molecule has 16 heavy (non-hydrogen) atoms. The number of aromatic hydroxyl groups is 1. The van der Waals surface area contributed by atoms with E-state index in [4.69, 9.17) is 0 Å². The zero-order valence-electron chi connectivity index (χ0n) is 9.29. The minimum absolute atomic E-state index is 0.105. The van der Waals surface area contributed by atoms with Crippen molar-refractivity contribution in [2.75, 3.05) is 0 Å². The van der Waals surface area contributed by atoms with Crippen molar-refractivity contribution >= 4 is 0 Å². The molecule has 1 nitrogen and oxygen atoms in total. The van der Waals surface area contributed by atoms with Gasteiger partial charge in [0.05, 0.1) is 0 Å². The number of hydrogen-bond donors (Lipinski definition) is 1. The van der Waals surface area contributed by atoms with Gasteiger partial charge in [0.25, 0.3) is 0 Å². The number of phenolic OH excluding ortho intramolecular Hbond substituents is 1. The smallest absolute Gasteiger partial charge is 0.131 e. The molecule has 2 aromatic carbocycles. The van der Waals surface area contributed by atoms with Gasteiger partial charge in [-0.2, -0.15) is 0 Å². The SMILES string of the molecule is Cc1ccc(-c2cc(C)ccc2O)c(F)c1.